The van der Waals surface area contributed by atoms with Gasteiger partial charge in [0.15, 0.2) is 5.65 Å². The Hall–Kier alpha value is -4.18. The number of ether oxygens (including phenoxy) is 3. The Labute approximate surface area is 227 Å². The van der Waals surface area contributed by atoms with Crippen LogP contribution in [0.3, 0.4) is 0 Å². The van der Waals surface area contributed by atoms with Crippen LogP contribution < -0.4 is 14.4 Å². The Bertz CT molecular complexity index is 1440. The van der Waals surface area contributed by atoms with Gasteiger partial charge in [-0.1, -0.05) is 18.2 Å². The van der Waals surface area contributed by atoms with Gasteiger partial charge in [-0.15, -0.1) is 0 Å². The number of piperazine rings is 1. The van der Waals surface area contributed by atoms with Crippen molar-refractivity contribution in [2.75, 3.05) is 58.5 Å². The molecule has 2 aromatic carbocycles. The molecule has 2 aromatic heterocycles. The van der Waals surface area contributed by atoms with Crippen molar-refractivity contribution in [1.82, 2.24) is 24.6 Å². The van der Waals surface area contributed by atoms with Gasteiger partial charge in [-0.2, -0.15) is 5.10 Å². The van der Waals surface area contributed by atoms with Gasteiger partial charge in [0.1, 0.15) is 23.1 Å². The van der Waals surface area contributed by atoms with Crippen LogP contribution in [0.2, 0.25) is 0 Å². The first kappa shape index (κ1) is 25.1. The van der Waals surface area contributed by atoms with Gasteiger partial charge in [0.05, 0.1) is 31.5 Å². The molecular weight excluding hydrogens is 496 g/mol. The summed E-state index contributed by atoms with van der Waals surface area (Å²) in [4.78, 5) is 27.6. The fraction of sp³-hybridized carbons (Fsp3) is 0.379. The van der Waals surface area contributed by atoms with Gasteiger partial charge in [-0.25, -0.2) is 14.6 Å². The molecule has 39 heavy (non-hydrogen) atoms. The molecule has 0 saturated carbocycles. The van der Waals surface area contributed by atoms with E-state index in [-0.39, 0.29) is 11.8 Å². The summed E-state index contributed by atoms with van der Waals surface area (Å²) in [6.45, 7) is 3.89. The fourth-order valence-electron chi connectivity index (χ4n) is 5.28. The molecule has 1 amide bonds. The van der Waals surface area contributed by atoms with Gasteiger partial charge in [0, 0.05) is 56.9 Å². The van der Waals surface area contributed by atoms with E-state index >= 15 is 0 Å². The van der Waals surface area contributed by atoms with E-state index < -0.39 is 0 Å². The topological polar surface area (TPSA) is 94.8 Å². The molecule has 0 atom stereocenters. The van der Waals surface area contributed by atoms with E-state index in [1.807, 2.05) is 46.1 Å². The van der Waals surface area contributed by atoms with Crippen molar-refractivity contribution in [2.24, 2.45) is 0 Å². The zero-order valence-corrected chi connectivity index (χ0v) is 22.2. The van der Waals surface area contributed by atoms with Crippen molar-refractivity contribution in [1.29, 1.82) is 0 Å². The molecule has 202 valence electrons. The monoisotopic (exact) mass is 528 g/mol. The molecule has 4 aromatic rings. The van der Waals surface area contributed by atoms with Gasteiger partial charge in [0.25, 0.3) is 5.91 Å². The Morgan fingerprint density at radius 1 is 0.923 bits per heavy atom. The lowest BCUT2D eigenvalue weighted by molar-refractivity contribution is 0.0746. The third-order valence-electron chi connectivity index (χ3n) is 7.48. The van der Waals surface area contributed by atoms with Crippen molar-refractivity contribution >= 4 is 22.8 Å². The molecular formula is C29H32N6O4. The number of anilines is 1. The lowest BCUT2D eigenvalue weighted by Crippen LogP contribution is -2.49. The molecule has 4 heterocycles. The van der Waals surface area contributed by atoms with E-state index in [2.05, 4.69) is 4.90 Å². The summed E-state index contributed by atoms with van der Waals surface area (Å²) in [6.07, 6.45) is 3.65. The van der Waals surface area contributed by atoms with Crippen molar-refractivity contribution < 1.29 is 19.0 Å². The number of aromatic nitrogens is 4. The maximum Gasteiger partial charge on any atom is 0.254 e. The zero-order valence-electron chi connectivity index (χ0n) is 22.2. The Morgan fingerprint density at radius 3 is 2.28 bits per heavy atom. The molecule has 0 radical (unpaired) electrons. The quantitative estimate of drug-likeness (QED) is 0.374. The number of nitrogens with zero attached hydrogens (tertiary/aromatic N) is 6. The molecule has 2 fully saturated rings. The minimum Gasteiger partial charge on any atom is -0.497 e. The highest BCUT2D eigenvalue weighted by atomic mass is 16.5. The normalized spacial score (nSPS) is 16.5. The molecule has 10 heteroatoms. The summed E-state index contributed by atoms with van der Waals surface area (Å²) in [5, 5.41) is 5.61. The lowest BCUT2D eigenvalue weighted by atomic mass is 9.99. The number of carbonyl (C=O) groups is 1. The second-order valence-corrected chi connectivity index (χ2v) is 9.80. The van der Waals surface area contributed by atoms with E-state index in [4.69, 9.17) is 29.3 Å². The summed E-state index contributed by atoms with van der Waals surface area (Å²) < 4.78 is 18.2. The predicted octanol–water partition coefficient (Wildman–Crippen LogP) is 3.69. The van der Waals surface area contributed by atoms with Crippen molar-refractivity contribution in [3.63, 3.8) is 0 Å². The molecule has 0 N–H and O–H groups in total. The first-order valence-electron chi connectivity index (χ1n) is 13.3. The van der Waals surface area contributed by atoms with Crippen molar-refractivity contribution in [3.05, 3.63) is 66.1 Å². The highest BCUT2D eigenvalue weighted by Crippen LogP contribution is 2.32. The molecule has 2 aliphatic heterocycles. The number of methoxy groups -OCH3 is 2. The molecule has 2 aliphatic rings. The first-order chi connectivity index (χ1) is 19.1. The van der Waals surface area contributed by atoms with E-state index in [9.17, 15) is 4.79 Å². The van der Waals surface area contributed by atoms with Crippen LogP contribution in [-0.4, -0.2) is 84.2 Å². The van der Waals surface area contributed by atoms with Gasteiger partial charge in [-0.05, 0) is 37.1 Å². The SMILES string of the molecule is COc1cc(OC)cc(C(=O)N2CCN(c3nc(C4CCOCC4)nc4c3cnn4-c3ccccc3)CC2)c1. The van der Waals surface area contributed by atoms with Crippen LogP contribution >= 0.6 is 0 Å². The Kier molecular flexibility index (Phi) is 7.02. The number of rotatable bonds is 6. The molecule has 0 unspecified atom stereocenters. The first-order valence-corrected chi connectivity index (χ1v) is 13.3. The van der Waals surface area contributed by atoms with Gasteiger partial charge in [0.2, 0.25) is 0 Å². The number of fused-ring (bicyclic) bond motifs is 1. The van der Waals surface area contributed by atoms with Crippen LogP contribution in [0.15, 0.2) is 54.7 Å². The average Bonchev–Trinajstić information content (AvgIpc) is 3.45. The van der Waals surface area contributed by atoms with Crippen LogP contribution in [0, 0.1) is 0 Å². The predicted molar refractivity (Wildman–Crippen MR) is 147 cm³/mol. The maximum absolute atomic E-state index is 13.4. The Morgan fingerprint density at radius 2 is 1.62 bits per heavy atom. The van der Waals surface area contributed by atoms with Crippen LogP contribution in [0.1, 0.15) is 34.9 Å². The highest BCUT2D eigenvalue weighted by Gasteiger charge is 2.28. The number of hydrogen-bond acceptors (Lipinski definition) is 8. The fourth-order valence-corrected chi connectivity index (χ4v) is 5.28. The minimum atomic E-state index is -0.0422. The zero-order chi connectivity index (χ0) is 26.8. The highest BCUT2D eigenvalue weighted by molar-refractivity contribution is 5.95. The van der Waals surface area contributed by atoms with Crippen LogP contribution in [0.25, 0.3) is 16.7 Å². The van der Waals surface area contributed by atoms with E-state index in [1.54, 1.807) is 32.4 Å². The smallest absolute Gasteiger partial charge is 0.254 e. The summed E-state index contributed by atoms with van der Waals surface area (Å²) in [5.41, 5.74) is 2.31. The number of benzene rings is 2. The van der Waals surface area contributed by atoms with Crippen LogP contribution in [0.4, 0.5) is 5.82 Å². The summed E-state index contributed by atoms with van der Waals surface area (Å²) in [6, 6.07) is 15.3. The second kappa shape index (κ2) is 10.9. The maximum atomic E-state index is 13.4. The summed E-state index contributed by atoms with van der Waals surface area (Å²) in [7, 11) is 3.16. The average molecular weight is 529 g/mol. The van der Waals surface area contributed by atoms with Crippen molar-refractivity contribution in [3.8, 4) is 17.2 Å². The Balaban J connectivity index is 1.29. The third kappa shape index (κ3) is 4.99. The van der Waals surface area contributed by atoms with E-state index in [0.29, 0.717) is 43.2 Å². The number of carbonyl (C=O) groups excluding carboxylic acids is 1. The minimum absolute atomic E-state index is 0.0422. The van der Waals surface area contributed by atoms with Gasteiger partial charge < -0.3 is 24.0 Å². The number of hydrogen-bond donors (Lipinski definition) is 0. The van der Waals surface area contributed by atoms with Crippen LogP contribution in [-0.2, 0) is 4.74 Å². The summed E-state index contributed by atoms with van der Waals surface area (Å²) >= 11 is 0. The third-order valence-corrected chi connectivity index (χ3v) is 7.48. The molecule has 0 bridgehead atoms. The van der Waals surface area contributed by atoms with E-state index in [0.717, 1.165) is 54.4 Å². The molecule has 0 spiro atoms. The number of para-hydroxylation sites is 1. The standard InChI is InChI=1S/C29H32N6O4/c1-37-23-16-21(17-24(18-23)38-2)29(36)34-12-10-33(11-13-34)27-25-19-30-35(22-6-4-3-5-7-22)28(25)32-26(31-27)20-8-14-39-15-9-20/h3-7,16-20H,8-15H2,1-2H3. The largest absolute Gasteiger partial charge is 0.497 e. The van der Waals surface area contributed by atoms with Crippen LogP contribution in [0.5, 0.6) is 11.5 Å². The second-order valence-electron chi connectivity index (χ2n) is 9.80. The molecule has 10 nitrogen and oxygen atoms in total. The molecule has 0 aliphatic carbocycles. The van der Waals surface area contributed by atoms with Crippen molar-refractivity contribution in [2.45, 2.75) is 18.8 Å². The van der Waals surface area contributed by atoms with Gasteiger partial charge >= 0.3 is 0 Å². The molecule has 6 rings (SSSR count). The van der Waals surface area contributed by atoms with Gasteiger partial charge in [-0.3, -0.25) is 4.79 Å². The summed E-state index contributed by atoms with van der Waals surface area (Å²) in [5.74, 6) is 3.09. The van der Waals surface area contributed by atoms with E-state index in [1.165, 1.54) is 0 Å². The molecule has 2 saturated heterocycles. The number of amides is 1. The lowest BCUT2D eigenvalue weighted by Gasteiger charge is -2.36.